The summed E-state index contributed by atoms with van der Waals surface area (Å²) in [4.78, 5) is 0.759. The maximum atomic E-state index is 13.6. The Balaban J connectivity index is 2.40. The van der Waals surface area contributed by atoms with Gasteiger partial charge in [-0.1, -0.05) is 11.8 Å². The van der Waals surface area contributed by atoms with Crippen molar-refractivity contribution in [2.24, 2.45) is 5.73 Å². The first kappa shape index (κ1) is 14.0. The minimum absolute atomic E-state index is 0.147. The van der Waals surface area contributed by atoms with Gasteiger partial charge in [0.2, 0.25) is 0 Å². The zero-order valence-electron chi connectivity index (χ0n) is 10.2. The highest BCUT2D eigenvalue weighted by Gasteiger charge is 2.12. The van der Waals surface area contributed by atoms with Gasteiger partial charge in [-0.05, 0) is 48.9 Å². The number of nitrogens with two attached hydrogens (primary N) is 1. The summed E-state index contributed by atoms with van der Waals surface area (Å²) in [7, 11) is 0. The van der Waals surface area contributed by atoms with Crippen LogP contribution in [0.25, 0.3) is 0 Å². The molecule has 0 saturated heterocycles. The molecule has 1 nitrogen and oxygen atoms in total. The molecule has 0 unspecified atom stereocenters. The summed E-state index contributed by atoms with van der Waals surface area (Å²) in [5, 5.41) is 0. The summed E-state index contributed by atoms with van der Waals surface area (Å²) in [6, 6.07) is 6.92. The molecule has 0 aliphatic heterocycles. The van der Waals surface area contributed by atoms with Crippen LogP contribution in [0, 0.1) is 17.5 Å². The summed E-state index contributed by atoms with van der Waals surface area (Å²) in [6.45, 7) is 1.71. The Kier molecular flexibility index (Phi) is 4.17. The van der Waals surface area contributed by atoms with E-state index in [0.717, 1.165) is 30.0 Å². The van der Waals surface area contributed by atoms with Gasteiger partial charge in [-0.15, -0.1) is 0 Å². The molecule has 100 valence electrons. The first-order valence-electron chi connectivity index (χ1n) is 5.65. The van der Waals surface area contributed by atoms with Crippen LogP contribution in [-0.2, 0) is 0 Å². The van der Waals surface area contributed by atoms with Crippen LogP contribution in [0.3, 0.4) is 0 Å². The smallest absolute Gasteiger partial charge is 0.137 e. The monoisotopic (exact) mass is 283 g/mol. The predicted molar refractivity (Wildman–Crippen MR) is 69.5 cm³/mol. The third-order valence-electron chi connectivity index (χ3n) is 2.58. The Morgan fingerprint density at radius 1 is 0.947 bits per heavy atom. The standard InChI is InChI=1S/C14H12F3NS/c1-8(18)11-6-9(15)3-5-13(11)19-14-7-10(16)2-4-12(14)17/h2-8H,18H2,1H3/t8-/m0/s1. The van der Waals surface area contributed by atoms with Gasteiger partial charge in [-0.3, -0.25) is 0 Å². The maximum Gasteiger partial charge on any atom is 0.137 e. The fraction of sp³-hybridized carbons (Fsp3) is 0.143. The van der Waals surface area contributed by atoms with Crippen LogP contribution < -0.4 is 5.73 Å². The van der Waals surface area contributed by atoms with E-state index in [2.05, 4.69) is 0 Å². The molecule has 2 N–H and O–H groups in total. The second-order valence-corrected chi connectivity index (χ2v) is 5.23. The topological polar surface area (TPSA) is 26.0 Å². The molecule has 2 aromatic carbocycles. The Bertz CT molecular complexity index is 599. The van der Waals surface area contributed by atoms with E-state index in [9.17, 15) is 13.2 Å². The lowest BCUT2D eigenvalue weighted by Crippen LogP contribution is -2.06. The molecule has 0 aromatic heterocycles. The van der Waals surface area contributed by atoms with Gasteiger partial charge in [-0.25, -0.2) is 13.2 Å². The van der Waals surface area contributed by atoms with Crippen LogP contribution >= 0.6 is 11.8 Å². The first-order chi connectivity index (χ1) is 8.97. The van der Waals surface area contributed by atoms with E-state index in [4.69, 9.17) is 5.73 Å². The van der Waals surface area contributed by atoms with Gasteiger partial charge in [0.25, 0.3) is 0 Å². The van der Waals surface area contributed by atoms with Crippen molar-refractivity contribution in [3.05, 3.63) is 59.4 Å². The zero-order chi connectivity index (χ0) is 14.0. The van der Waals surface area contributed by atoms with Crippen LogP contribution in [0.5, 0.6) is 0 Å². The van der Waals surface area contributed by atoms with E-state index in [0.29, 0.717) is 10.5 Å². The minimum Gasteiger partial charge on any atom is -0.324 e. The van der Waals surface area contributed by atoms with Crippen LogP contribution in [-0.4, -0.2) is 0 Å². The molecule has 5 heteroatoms. The van der Waals surface area contributed by atoms with Crippen molar-refractivity contribution in [1.29, 1.82) is 0 Å². The molecule has 2 rings (SSSR count). The van der Waals surface area contributed by atoms with Gasteiger partial charge >= 0.3 is 0 Å². The molecule has 0 heterocycles. The van der Waals surface area contributed by atoms with E-state index in [1.54, 1.807) is 6.92 Å². The quantitative estimate of drug-likeness (QED) is 0.910. The van der Waals surface area contributed by atoms with Crippen molar-refractivity contribution in [2.45, 2.75) is 22.8 Å². The van der Waals surface area contributed by atoms with Gasteiger partial charge in [0.15, 0.2) is 0 Å². The van der Waals surface area contributed by atoms with Crippen molar-refractivity contribution in [3.8, 4) is 0 Å². The minimum atomic E-state index is -0.522. The highest BCUT2D eigenvalue weighted by atomic mass is 32.2. The molecule has 1 atom stereocenters. The zero-order valence-corrected chi connectivity index (χ0v) is 11.0. The largest absolute Gasteiger partial charge is 0.324 e. The highest BCUT2D eigenvalue weighted by molar-refractivity contribution is 7.99. The number of benzene rings is 2. The summed E-state index contributed by atoms with van der Waals surface area (Å²) in [5.41, 5.74) is 6.32. The van der Waals surface area contributed by atoms with E-state index in [-0.39, 0.29) is 4.90 Å². The van der Waals surface area contributed by atoms with Gasteiger partial charge in [0, 0.05) is 10.9 Å². The fourth-order valence-corrected chi connectivity index (χ4v) is 2.71. The average Bonchev–Trinajstić information content (AvgIpc) is 2.35. The van der Waals surface area contributed by atoms with Crippen LogP contribution in [0.4, 0.5) is 13.2 Å². The Hall–Kier alpha value is -1.46. The Morgan fingerprint density at radius 3 is 2.26 bits per heavy atom. The van der Waals surface area contributed by atoms with Gasteiger partial charge in [0.05, 0.1) is 4.90 Å². The number of hydrogen-bond donors (Lipinski definition) is 1. The van der Waals surface area contributed by atoms with E-state index in [1.165, 1.54) is 18.2 Å². The SMILES string of the molecule is C[C@H](N)c1cc(F)ccc1Sc1cc(F)ccc1F. The molecule has 0 aliphatic carbocycles. The molecule has 0 bridgehead atoms. The van der Waals surface area contributed by atoms with Crippen molar-refractivity contribution in [3.63, 3.8) is 0 Å². The first-order valence-corrected chi connectivity index (χ1v) is 6.47. The second kappa shape index (κ2) is 5.67. The molecular formula is C14H12F3NS. The normalized spacial score (nSPS) is 12.5. The van der Waals surface area contributed by atoms with Crippen LogP contribution in [0.1, 0.15) is 18.5 Å². The summed E-state index contributed by atoms with van der Waals surface area (Å²) in [5.74, 6) is -1.45. The molecule has 0 amide bonds. The molecule has 0 fully saturated rings. The lowest BCUT2D eigenvalue weighted by Gasteiger charge is -2.12. The molecule has 0 spiro atoms. The van der Waals surface area contributed by atoms with Crippen molar-refractivity contribution < 1.29 is 13.2 Å². The Morgan fingerprint density at radius 2 is 1.58 bits per heavy atom. The lowest BCUT2D eigenvalue weighted by molar-refractivity contribution is 0.577. The van der Waals surface area contributed by atoms with E-state index < -0.39 is 23.5 Å². The van der Waals surface area contributed by atoms with E-state index >= 15 is 0 Å². The van der Waals surface area contributed by atoms with Gasteiger partial charge < -0.3 is 5.73 Å². The van der Waals surface area contributed by atoms with Crippen molar-refractivity contribution in [2.75, 3.05) is 0 Å². The summed E-state index contributed by atoms with van der Waals surface area (Å²) < 4.78 is 39.9. The Labute approximate surface area is 113 Å². The van der Waals surface area contributed by atoms with Crippen molar-refractivity contribution >= 4 is 11.8 Å². The predicted octanol–water partition coefficient (Wildman–Crippen LogP) is 4.27. The summed E-state index contributed by atoms with van der Waals surface area (Å²) in [6.07, 6.45) is 0. The van der Waals surface area contributed by atoms with Crippen LogP contribution in [0.2, 0.25) is 0 Å². The number of rotatable bonds is 3. The second-order valence-electron chi connectivity index (χ2n) is 4.15. The van der Waals surface area contributed by atoms with Crippen molar-refractivity contribution in [1.82, 2.24) is 0 Å². The summed E-state index contributed by atoms with van der Waals surface area (Å²) >= 11 is 1.03. The highest BCUT2D eigenvalue weighted by Crippen LogP contribution is 2.34. The molecule has 19 heavy (non-hydrogen) atoms. The number of halogens is 3. The lowest BCUT2D eigenvalue weighted by atomic mass is 10.1. The fourth-order valence-electron chi connectivity index (χ4n) is 1.64. The van der Waals surface area contributed by atoms with E-state index in [1.807, 2.05) is 0 Å². The molecule has 0 saturated carbocycles. The van der Waals surface area contributed by atoms with Gasteiger partial charge in [-0.2, -0.15) is 0 Å². The van der Waals surface area contributed by atoms with Crippen LogP contribution in [0.15, 0.2) is 46.2 Å². The third kappa shape index (κ3) is 3.30. The maximum absolute atomic E-state index is 13.6. The van der Waals surface area contributed by atoms with Gasteiger partial charge in [0.1, 0.15) is 17.5 Å². The molecule has 0 radical (unpaired) electrons. The average molecular weight is 283 g/mol. The molecule has 0 aliphatic rings. The number of hydrogen-bond acceptors (Lipinski definition) is 2. The third-order valence-corrected chi connectivity index (χ3v) is 3.70. The molecule has 2 aromatic rings. The molecular weight excluding hydrogens is 271 g/mol.